The van der Waals surface area contributed by atoms with Crippen molar-refractivity contribution in [2.45, 2.75) is 13.8 Å². The van der Waals surface area contributed by atoms with Gasteiger partial charge in [0.2, 0.25) is 0 Å². The largest absolute Gasteiger partial charge is 0.480 e. The average Bonchev–Trinajstić information content (AvgIpc) is 2.76. The molecular weight excluding hydrogens is 290 g/mol. The molecule has 0 aliphatic carbocycles. The van der Waals surface area contributed by atoms with E-state index >= 15 is 0 Å². The van der Waals surface area contributed by atoms with Crippen LogP contribution >= 0.6 is 11.3 Å². The molecule has 0 aliphatic heterocycles. The van der Waals surface area contributed by atoms with Gasteiger partial charge in [0.25, 0.3) is 5.91 Å². The summed E-state index contributed by atoms with van der Waals surface area (Å²) < 4.78 is 5.16. The monoisotopic (exact) mass is 305 g/mol. The van der Waals surface area contributed by atoms with Gasteiger partial charge in [-0.1, -0.05) is 12.1 Å². The maximum Gasteiger partial charge on any atom is 0.341 e. The average molecular weight is 305 g/mol. The molecule has 0 saturated carbocycles. The highest BCUT2D eigenvalue weighted by molar-refractivity contribution is 7.12. The molecule has 110 valence electrons. The Hall–Kier alpha value is -2.34. The minimum atomic E-state index is -1.07. The third kappa shape index (κ3) is 3.82. The standard InChI is InChI=1S/C15H15NO4S/c1-9-7-11(10(2)21-9)15(19)16-12-5-3-4-6-13(12)20-8-14(17)18/h3-7H,8H2,1-2H3,(H,16,19)(H,17,18). The number of amides is 1. The lowest BCUT2D eigenvalue weighted by Crippen LogP contribution is -2.15. The number of aryl methyl sites for hydroxylation is 2. The fraction of sp³-hybridized carbons (Fsp3) is 0.200. The molecule has 2 N–H and O–H groups in total. The fourth-order valence-electron chi connectivity index (χ4n) is 1.88. The number of carboxylic acid groups (broad SMARTS) is 1. The Morgan fingerprint density at radius 3 is 2.62 bits per heavy atom. The van der Waals surface area contributed by atoms with E-state index in [1.807, 2.05) is 19.9 Å². The van der Waals surface area contributed by atoms with Crippen LogP contribution in [0.5, 0.6) is 5.75 Å². The van der Waals surface area contributed by atoms with Crippen molar-refractivity contribution in [2.24, 2.45) is 0 Å². The van der Waals surface area contributed by atoms with E-state index in [0.29, 0.717) is 17.0 Å². The van der Waals surface area contributed by atoms with E-state index in [1.54, 1.807) is 35.6 Å². The first-order chi connectivity index (χ1) is 9.97. The van der Waals surface area contributed by atoms with Gasteiger partial charge in [-0.25, -0.2) is 4.79 Å². The van der Waals surface area contributed by atoms with Crippen LogP contribution in [0.15, 0.2) is 30.3 Å². The van der Waals surface area contributed by atoms with Crippen LogP contribution in [0.25, 0.3) is 0 Å². The van der Waals surface area contributed by atoms with E-state index in [0.717, 1.165) is 9.75 Å². The molecule has 6 heteroatoms. The van der Waals surface area contributed by atoms with Crippen molar-refractivity contribution >= 4 is 28.9 Å². The van der Waals surface area contributed by atoms with E-state index in [9.17, 15) is 9.59 Å². The quantitative estimate of drug-likeness (QED) is 0.890. The van der Waals surface area contributed by atoms with E-state index in [2.05, 4.69) is 5.32 Å². The molecule has 2 rings (SSSR count). The molecule has 0 spiro atoms. The summed E-state index contributed by atoms with van der Waals surface area (Å²) in [6, 6.07) is 8.58. The molecule has 1 aromatic carbocycles. The van der Waals surface area contributed by atoms with Gasteiger partial charge in [0, 0.05) is 9.75 Å². The highest BCUT2D eigenvalue weighted by Gasteiger charge is 2.14. The number of thiophene rings is 1. The maximum atomic E-state index is 12.3. The number of ether oxygens (including phenoxy) is 1. The first-order valence-corrected chi connectivity index (χ1v) is 7.11. The Kier molecular flexibility index (Phi) is 4.59. The predicted octanol–water partition coefficient (Wildman–Crippen LogP) is 3.08. The third-order valence-electron chi connectivity index (χ3n) is 2.77. The number of aliphatic carboxylic acids is 1. The molecule has 0 unspecified atom stereocenters. The summed E-state index contributed by atoms with van der Waals surface area (Å²) in [6.45, 7) is 3.38. The van der Waals surface area contributed by atoms with Gasteiger partial charge in [-0.3, -0.25) is 4.79 Å². The van der Waals surface area contributed by atoms with Crippen LogP contribution in [0, 0.1) is 13.8 Å². The molecule has 0 fully saturated rings. The third-order valence-corrected chi connectivity index (χ3v) is 3.74. The molecule has 1 aromatic heterocycles. The normalized spacial score (nSPS) is 10.2. The molecule has 21 heavy (non-hydrogen) atoms. The minimum Gasteiger partial charge on any atom is -0.480 e. The predicted molar refractivity (Wildman–Crippen MR) is 81.3 cm³/mol. The van der Waals surface area contributed by atoms with Gasteiger partial charge in [-0.2, -0.15) is 0 Å². The second-order valence-corrected chi connectivity index (χ2v) is 5.92. The summed E-state index contributed by atoms with van der Waals surface area (Å²) in [5.41, 5.74) is 1.07. The number of hydrogen-bond acceptors (Lipinski definition) is 4. The number of anilines is 1. The SMILES string of the molecule is Cc1cc(C(=O)Nc2ccccc2OCC(=O)O)c(C)s1. The zero-order valence-corrected chi connectivity index (χ0v) is 12.5. The Labute approximate surface area is 126 Å². The van der Waals surface area contributed by atoms with Gasteiger partial charge in [0.05, 0.1) is 11.3 Å². The maximum absolute atomic E-state index is 12.3. The second kappa shape index (κ2) is 6.41. The van der Waals surface area contributed by atoms with Crippen LogP contribution in [0.1, 0.15) is 20.1 Å². The van der Waals surface area contributed by atoms with Gasteiger partial charge in [-0.15, -0.1) is 11.3 Å². The molecule has 2 aromatic rings. The van der Waals surface area contributed by atoms with Gasteiger partial charge in [-0.05, 0) is 32.0 Å². The van der Waals surface area contributed by atoms with Crippen LogP contribution in [-0.4, -0.2) is 23.6 Å². The van der Waals surface area contributed by atoms with Crippen molar-refractivity contribution in [1.29, 1.82) is 0 Å². The van der Waals surface area contributed by atoms with E-state index < -0.39 is 12.6 Å². The fourth-order valence-corrected chi connectivity index (χ4v) is 2.80. The lowest BCUT2D eigenvalue weighted by atomic mass is 10.2. The molecule has 0 bridgehead atoms. The highest BCUT2D eigenvalue weighted by atomic mass is 32.1. The second-order valence-electron chi connectivity index (χ2n) is 4.46. The summed E-state index contributed by atoms with van der Waals surface area (Å²) in [5.74, 6) is -0.971. The van der Waals surface area contributed by atoms with Crippen molar-refractivity contribution in [3.8, 4) is 5.75 Å². The molecule has 5 nitrogen and oxygen atoms in total. The lowest BCUT2D eigenvalue weighted by molar-refractivity contribution is -0.139. The van der Waals surface area contributed by atoms with E-state index in [-0.39, 0.29) is 5.91 Å². The van der Waals surface area contributed by atoms with Crippen molar-refractivity contribution in [3.63, 3.8) is 0 Å². The van der Waals surface area contributed by atoms with Crippen molar-refractivity contribution in [3.05, 3.63) is 45.6 Å². The number of carboxylic acids is 1. The minimum absolute atomic E-state index is 0.233. The number of benzene rings is 1. The topological polar surface area (TPSA) is 75.6 Å². The molecule has 1 amide bonds. The van der Waals surface area contributed by atoms with E-state index in [4.69, 9.17) is 9.84 Å². The van der Waals surface area contributed by atoms with Crippen LogP contribution in [-0.2, 0) is 4.79 Å². The van der Waals surface area contributed by atoms with Gasteiger partial charge in [0.1, 0.15) is 5.75 Å². The number of carbonyl (C=O) groups excluding carboxylic acids is 1. The first kappa shape index (κ1) is 15.1. The smallest absolute Gasteiger partial charge is 0.341 e. The summed E-state index contributed by atoms with van der Waals surface area (Å²) in [6.07, 6.45) is 0. The zero-order chi connectivity index (χ0) is 15.4. The number of rotatable bonds is 5. The van der Waals surface area contributed by atoms with Gasteiger partial charge >= 0.3 is 5.97 Å². The molecule has 0 atom stereocenters. The van der Waals surface area contributed by atoms with Crippen LogP contribution in [0.4, 0.5) is 5.69 Å². The van der Waals surface area contributed by atoms with Gasteiger partial charge < -0.3 is 15.2 Å². The van der Waals surface area contributed by atoms with Crippen molar-refractivity contribution in [1.82, 2.24) is 0 Å². The number of hydrogen-bond donors (Lipinski definition) is 2. The van der Waals surface area contributed by atoms with Crippen molar-refractivity contribution in [2.75, 3.05) is 11.9 Å². The molecule has 1 heterocycles. The number of nitrogens with one attached hydrogen (secondary N) is 1. The number of para-hydroxylation sites is 2. The molecule has 0 saturated heterocycles. The first-order valence-electron chi connectivity index (χ1n) is 6.29. The summed E-state index contributed by atoms with van der Waals surface area (Å²) in [7, 11) is 0. The van der Waals surface area contributed by atoms with Crippen LogP contribution in [0.3, 0.4) is 0 Å². The Bertz CT molecular complexity index is 678. The van der Waals surface area contributed by atoms with Crippen LogP contribution < -0.4 is 10.1 Å². The Morgan fingerprint density at radius 1 is 1.29 bits per heavy atom. The highest BCUT2D eigenvalue weighted by Crippen LogP contribution is 2.26. The summed E-state index contributed by atoms with van der Waals surface area (Å²) in [4.78, 5) is 24.8. The van der Waals surface area contributed by atoms with Crippen molar-refractivity contribution < 1.29 is 19.4 Å². The molecule has 0 aliphatic rings. The Balaban J connectivity index is 2.17. The Morgan fingerprint density at radius 2 is 2.00 bits per heavy atom. The molecule has 0 radical (unpaired) electrons. The number of carbonyl (C=O) groups is 2. The van der Waals surface area contributed by atoms with Crippen LogP contribution in [0.2, 0.25) is 0 Å². The van der Waals surface area contributed by atoms with Gasteiger partial charge in [0.15, 0.2) is 6.61 Å². The lowest BCUT2D eigenvalue weighted by Gasteiger charge is -2.11. The van der Waals surface area contributed by atoms with E-state index in [1.165, 1.54) is 0 Å². The summed E-state index contributed by atoms with van der Waals surface area (Å²) in [5, 5.41) is 11.4. The summed E-state index contributed by atoms with van der Waals surface area (Å²) >= 11 is 1.56. The molecular formula is C15H15NO4S. The zero-order valence-electron chi connectivity index (χ0n) is 11.7.